The molecule has 0 atom stereocenters. The number of esters is 1. The molecule has 16 heavy (non-hydrogen) atoms. The zero-order valence-corrected chi connectivity index (χ0v) is 10.8. The van der Waals surface area contributed by atoms with Crippen LogP contribution in [0.1, 0.15) is 34.0 Å². The summed E-state index contributed by atoms with van der Waals surface area (Å²) in [5.41, 5.74) is 2.66. The van der Waals surface area contributed by atoms with Gasteiger partial charge in [-0.3, -0.25) is 0 Å². The fraction of sp³-hybridized carbons (Fsp3) is 0.333. The average Bonchev–Trinajstić information content (AvgIpc) is 2.35. The molecular weight excluding hydrogens is 270 g/mol. The molecule has 1 rings (SSSR count). The predicted molar refractivity (Wildman–Crippen MR) is 64.5 cm³/mol. The van der Waals surface area contributed by atoms with Gasteiger partial charge in [0.25, 0.3) is 0 Å². The Morgan fingerprint density at radius 1 is 1.56 bits per heavy atom. The van der Waals surface area contributed by atoms with Crippen molar-refractivity contribution in [2.45, 2.75) is 18.7 Å². The third-order valence-corrected chi connectivity index (χ3v) is 3.01. The molecule has 0 bridgehead atoms. The number of methoxy groups -OCH3 is 1. The van der Waals surface area contributed by atoms with Crippen LogP contribution in [-0.2, 0) is 16.5 Å². The first-order valence-corrected chi connectivity index (χ1v) is 6.00. The van der Waals surface area contributed by atoms with Crippen LogP contribution in [0.4, 0.5) is 0 Å². The minimum Gasteiger partial charge on any atom is -0.465 e. The standard InChI is InChI=1S/C12H12BrNO2/c1-3-10-9(7-14)5-4-8(6-13)11(10)12(15)16-2/h4-5H,3,6H2,1-2H3. The summed E-state index contributed by atoms with van der Waals surface area (Å²) in [5.74, 6) is -0.386. The molecule has 0 spiro atoms. The molecule has 1 aromatic rings. The van der Waals surface area contributed by atoms with Crippen molar-refractivity contribution in [3.05, 3.63) is 34.4 Å². The lowest BCUT2D eigenvalue weighted by molar-refractivity contribution is 0.0598. The smallest absolute Gasteiger partial charge is 0.338 e. The molecule has 84 valence electrons. The Morgan fingerprint density at radius 3 is 2.69 bits per heavy atom. The summed E-state index contributed by atoms with van der Waals surface area (Å²) in [6.07, 6.45) is 0.633. The number of halogens is 1. The number of hydrogen-bond acceptors (Lipinski definition) is 3. The van der Waals surface area contributed by atoms with Crippen LogP contribution in [0.3, 0.4) is 0 Å². The number of nitrogens with zero attached hydrogens (tertiary/aromatic N) is 1. The minimum absolute atomic E-state index is 0.386. The highest BCUT2D eigenvalue weighted by molar-refractivity contribution is 9.08. The van der Waals surface area contributed by atoms with Crippen LogP contribution in [0.15, 0.2) is 12.1 Å². The number of nitriles is 1. The van der Waals surface area contributed by atoms with Crippen LogP contribution in [0.5, 0.6) is 0 Å². The Bertz CT molecular complexity index is 449. The molecule has 0 saturated heterocycles. The summed E-state index contributed by atoms with van der Waals surface area (Å²) in [4.78, 5) is 11.7. The number of alkyl halides is 1. The quantitative estimate of drug-likeness (QED) is 0.632. The summed E-state index contributed by atoms with van der Waals surface area (Å²) >= 11 is 3.32. The summed E-state index contributed by atoms with van der Waals surface area (Å²) in [6, 6.07) is 5.61. The van der Waals surface area contributed by atoms with E-state index >= 15 is 0 Å². The third kappa shape index (κ3) is 2.25. The maximum absolute atomic E-state index is 11.7. The Labute approximate surface area is 103 Å². The second-order valence-electron chi connectivity index (χ2n) is 3.22. The van der Waals surface area contributed by atoms with Crippen molar-refractivity contribution < 1.29 is 9.53 Å². The van der Waals surface area contributed by atoms with Crippen molar-refractivity contribution >= 4 is 21.9 Å². The lowest BCUT2D eigenvalue weighted by Gasteiger charge is -2.11. The fourth-order valence-electron chi connectivity index (χ4n) is 1.64. The normalized spacial score (nSPS) is 9.62. The number of rotatable bonds is 3. The van der Waals surface area contributed by atoms with Gasteiger partial charge in [0.2, 0.25) is 0 Å². The first kappa shape index (κ1) is 12.7. The SMILES string of the molecule is CCc1c(C#N)ccc(CBr)c1C(=O)OC. The average molecular weight is 282 g/mol. The number of hydrogen-bond donors (Lipinski definition) is 0. The van der Waals surface area contributed by atoms with Crippen molar-refractivity contribution in [3.63, 3.8) is 0 Å². The van der Waals surface area contributed by atoms with Gasteiger partial charge in [-0.15, -0.1) is 0 Å². The van der Waals surface area contributed by atoms with Crippen molar-refractivity contribution in [2.24, 2.45) is 0 Å². The van der Waals surface area contributed by atoms with Crippen LogP contribution >= 0.6 is 15.9 Å². The maximum Gasteiger partial charge on any atom is 0.338 e. The van der Waals surface area contributed by atoms with Crippen LogP contribution in [0.2, 0.25) is 0 Å². The van der Waals surface area contributed by atoms with Gasteiger partial charge in [0.05, 0.1) is 24.3 Å². The lowest BCUT2D eigenvalue weighted by Crippen LogP contribution is -2.10. The topological polar surface area (TPSA) is 50.1 Å². The van der Waals surface area contributed by atoms with Gasteiger partial charge in [-0.05, 0) is 23.6 Å². The van der Waals surface area contributed by atoms with Crippen molar-refractivity contribution in [1.82, 2.24) is 0 Å². The first-order chi connectivity index (χ1) is 7.69. The zero-order chi connectivity index (χ0) is 12.1. The van der Waals surface area contributed by atoms with E-state index in [0.29, 0.717) is 22.9 Å². The van der Waals surface area contributed by atoms with E-state index < -0.39 is 0 Å². The number of ether oxygens (including phenoxy) is 1. The molecule has 4 heteroatoms. The first-order valence-electron chi connectivity index (χ1n) is 4.88. The van der Waals surface area contributed by atoms with E-state index in [4.69, 9.17) is 10.00 Å². The Balaban J connectivity index is 3.50. The molecule has 0 radical (unpaired) electrons. The van der Waals surface area contributed by atoms with Gasteiger partial charge in [0, 0.05) is 5.33 Å². The molecule has 0 aliphatic carbocycles. The van der Waals surface area contributed by atoms with Gasteiger partial charge in [0.1, 0.15) is 0 Å². The molecule has 0 aliphatic rings. The Morgan fingerprint density at radius 2 is 2.25 bits per heavy atom. The molecule has 3 nitrogen and oxygen atoms in total. The molecule has 0 amide bonds. The van der Waals surface area contributed by atoms with Crippen LogP contribution in [-0.4, -0.2) is 13.1 Å². The highest BCUT2D eigenvalue weighted by Crippen LogP contribution is 2.22. The molecule has 0 saturated carbocycles. The van der Waals surface area contributed by atoms with Gasteiger partial charge >= 0.3 is 5.97 Å². The van der Waals surface area contributed by atoms with E-state index in [-0.39, 0.29) is 5.97 Å². The summed E-state index contributed by atoms with van der Waals surface area (Å²) in [6.45, 7) is 1.92. The molecule has 0 heterocycles. The lowest BCUT2D eigenvalue weighted by atomic mass is 9.95. The molecule has 1 aromatic carbocycles. The van der Waals surface area contributed by atoms with E-state index in [1.54, 1.807) is 12.1 Å². The third-order valence-electron chi connectivity index (χ3n) is 2.41. The van der Waals surface area contributed by atoms with E-state index in [9.17, 15) is 4.79 Å². The highest BCUT2D eigenvalue weighted by Gasteiger charge is 2.18. The fourth-order valence-corrected chi connectivity index (χ4v) is 2.10. The molecular formula is C12H12BrNO2. The van der Waals surface area contributed by atoms with Crippen molar-refractivity contribution in [3.8, 4) is 6.07 Å². The second kappa shape index (κ2) is 5.66. The van der Waals surface area contributed by atoms with E-state index in [2.05, 4.69) is 22.0 Å². The maximum atomic E-state index is 11.7. The zero-order valence-electron chi connectivity index (χ0n) is 9.21. The van der Waals surface area contributed by atoms with Crippen molar-refractivity contribution in [1.29, 1.82) is 5.26 Å². The monoisotopic (exact) mass is 281 g/mol. The Kier molecular flexibility index (Phi) is 4.51. The number of carbonyl (C=O) groups is 1. The molecule has 0 unspecified atom stereocenters. The summed E-state index contributed by atoms with van der Waals surface area (Å²) < 4.78 is 4.75. The summed E-state index contributed by atoms with van der Waals surface area (Å²) in [7, 11) is 1.35. The van der Waals surface area contributed by atoms with E-state index in [0.717, 1.165) is 11.1 Å². The van der Waals surface area contributed by atoms with E-state index in [1.165, 1.54) is 7.11 Å². The largest absolute Gasteiger partial charge is 0.465 e. The highest BCUT2D eigenvalue weighted by atomic mass is 79.9. The second-order valence-corrected chi connectivity index (χ2v) is 3.78. The van der Waals surface area contributed by atoms with Gasteiger partial charge in [-0.2, -0.15) is 5.26 Å². The van der Waals surface area contributed by atoms with Gasteiger partial charge in [0.15, 0.2) is 0 Å². The molecule has 0 aliphatic heterocycles. The summed E-state index contributed by atoms with van der Waals surface area (Å²) in [5, 5.41) is 9.54. The predicted octanol–water partition coefficient (Wildman–Crippen LogP) is 2.80. The molecule has 0 aromatic heterocycles. The molecule has 0 N–H and O–H groups in total. The van der Waals surface area contributed by atoms with Crippen molar-refractivity contribution in [2.75, 3.05) is 7.11 Å². The van der Waals surface area contributed by atoms with Gasteiger partial charge in [-0.25, -0.2) is 4.79 Å². The number of carbonyl (C=O) groups excluding carboxylic acids is 1. The minimum atomic E-state index is -0.386. The van der Waals surface area contributed by atoms with Gasteiger partial charge in [-0.1, -0.05) is 28.9 Å². The van der Waals surface area contributed by atoms with Crippen LogP contribution < -0.4 is 0 Å². The molecule has 0 fully saturated rings. The van der Waals surface area contributed by atoms with Crippen LogP contribution in [0, 0.1) is 11.3 Å². The van der Waals surface area contributed by atoms with E-state index in [1.807, 2.05) is 6.92 Å². The Hall–Kier alpha value is -1.34. The van der Waals surface area contributed by atoms with Crippen LogP contribution in [0.25, 0.3) is 0 Å². The number of benzene rings is 1. The van der Waals surface area contributed by atoms with Gasteiger partial charge < -0.3 is 4.74 Å².